The quantitative estimate of drug-likeness (QED) is 0.450. The molecule has 0 aliphatic rings. The van der Waals surface area contributed by atoms with Crippen molar-refractivity contribution >= 4 is 39.1 Å². The summed E-state index contributed by atoms with van der Waals surface area (Å²) < 4.78 is 29.0. The van der Waals surface area contributed by atoms with Crippen LogP contribution < -0.4 is 10.0 Å². The van der Waals surface area contributed by atoms with E-state index in [0.717, 1.165) is 11.3 Å². The standard InChI is InChI=1S/C21H22Cl2N4O3S/c1-15(16-4-6-17(7-5-16)27-12-11-24-14-27)26-21(28)3-2-10-25-31(29,30)18-8-9-19(22)20(23)13-18/h4-9,11-15,25H,2-3,10H2,1H3,(H,26,28)/t15-/m1/s1. The first kappa shape index (κ1) is 23.3. The van der Waals surface area contributed by atoms with Gasteiger partial charge >= 0.3 is 0 Å². The second-order valence-corrected chi connectivity index (χ2v) is 9.51. The third-order valence-electron chi connectivity index (χ3n) is 4.65. The number of hydrogen-bond acceptors (Lipinski definition) is 4. The second kappa shape index (κ2) is 10.3. The number of imidazole rings is 1. The van der Waals surface area contributed by atoms with Crippen LogP contribution in [0.15, 0.2) is 66.1 Å². The zero-order valence-corrected chi connectivity index (χ0v) is 19.1. The van der Waals surface area contributed by atoms with Crippen LogP contribution in [0.2, 0.25) is 10.0 Å². The van der Waals surface area contributed by atoms with Gasteiger partial charge in [0.25, 0.3) is 0 Å². The van der Waals surface area contributed by atoms with E-state index in [1.54, 1.807) is 12.5 Å². The molecule has 1 heterocycles. The number of carbonyl (C=O) groups excluding carboxylic acids is 1. The van der Waals surface area contributed by atoms with E-state index in [9.17, 15) is 13.2 Å². The predicted molar refractivity (Wildman–Crippen MR) is 121 cm³/mol. The van der Waals surface area contributed by atoms with E-state index in [1.165, 1.54) is 18.2 Å². The molecule has 31 heavy (non-hydrogen) atoms. The van der Waals surface area contributed by atoms with Gasteiger partial charge in [-0.2, -0.15) is 0 Å². The van der Waals surface area contributed by atoms with Crippen LogP contribution in [0.25, 0.3) is 5.69 Å². The summed E-state index contributed by atoms with van der Waals surface area (Å²) in [5, 5.41) is 3.37. The fourth-order valence-corrected chi connectivity index (χ4v) is 4.39. The van der Waals surface area contributed by atoms with E-state index in [0.29, 0.717) is 6.42 Å². The fraction of sp³-hybridized carbons (Fsp3) is 0.238. The molecule has 0 unspecified atom stereocenters. The van der Waals surface area contributed by atoms with E-state index in [-0.39, 0.29) is 39.9 Å². The minimum Gasteiger partial charge on any atom is -0.350 e. The molecule has 10 heteroatoms. The Kier molecular flexibility index (Phi) is 7.72. The minimum absolute atomic E-state index is 0.0270. The molecular formula is C21H22Cl2N4O3S. The van der Waals surface area contributed by atoms with Crippen LogP contribution in [0.1, 0.15) is 31.4 Å². The van der Waals surface area contributed by atoms with Gasteiger partial charge in [-0.1, -0.05) is 35.3 Å². The number of hydrogen-bond donors (Lipinski definition) is 2. The van der Waals surface area contributed by atoms with Gasteiger partial charge in [0.05, 0.1) is 27.3 Å². The van der Waals surface area contributed by atoms with Crippen molar-refractivity contribution in [2.45, 2.75) is 30.7 Å². The Morgan fingerprint density at radius 2 is 1.87 bits per heavy atom. The van der Waals surface area contributed by atoms with Gasteiger partial charge in [-0.25, -0.2) is 18.1 Å². The van der Waals surface area contributed by atoms with Crippen LogP contribution in [0.4, 0.5) is 0 Å². The summed E-state index contributed by atoms with van der Waals surface area (Å²) in [6.07, 6.45) is 5.84. The molecule has 1 atom stereocenters. The Labute approximate surface area is 191 Å². The molecule has 0 radical (unpaired) electrons. The molecule has 164 valence electrons. The third kappa shape index (κ3) is 6.30. The lowest BCUT2D eigenvalue weighted by Crippen LogP contribution is -2.29. The number of nitrogens with zero attached hydrogens (tertiary/aromatic N) is 2. The first-order valence-corrected chi connectivity index (χ1v) is 11.8. The molecule has 0 saturated heterocycles. The maximum Gasteiger partial charge on any atom is 0.240 e. The van der Waals surface area contributed by atoms with Gasteiger partial charge in [0.15, 0.2) is 0 Å². The van der Waals surface area contributed by atoms with Gasteiger partial charge in [-0.05, 0) is 49.2 Å². The van der Waals surface area contributed by atoms with Gasteiger partial charge in [-0.15, -0.1) is 0 Å². The summed E-state index contributed by atoms with van der Waals surface area (Å²) >= 11 is 11.7. The highest BCUT2D eigenvalue weighted by molar-refractivity contribution is 7.89. The van der Waals surface area contributed by atoms with Crippen molar-refractivity contribution in [2.75, 3.05) is 6.54 Å². The normalized spacial score (nSPS) is 12.5. The van der Waals surface area contributed by atoms with Crippen molar-refractivity contribution in [1.82, 2.24) is 19.6 Å². The van der Waals surface area contributed by atoms with Crippen LogP contribution in [0.3, 0.4) is 0 Å². The number of carbonyl (C=O) groups is 1. The molecule has 7 nitrogen and oxygen atoms in total. The summed E-state index contributed by atoms with van der Waals surface area (Å²) in [6, 6.07) is 11.7. The number of rotatable bonds is 9. The Hall–Kier alpha value is -2.39. The molecule has 1 aromatic heterocycles. The fourth-order valence-electron chi connectivity index (χ4n) is 2.93. The first-order chi connectivity index (χ1) is 14.8. The van der Waals surface area contributed by atoms with Crippen molar-refractivity contribution < 1.29 is 13.2 Å². The second-order valence-electron chi connectivity index (χ2n) is 6.93. The van der Waals surface area contributed by atoms with Gasteiger partial charge in [0.2, 0.25) is 15.9 Å². The highest BCUT2D eigenvalue weighted by atomic mass is 35.5. The number of sulfonamides is 1. The molecule has 3 aromatic rings. The zero-order valence-electron chi connectivity index (χ0n) is 16.8. The molecule has 1 amide bonds. The van der Waals surface area contributed by atoms with Crippen LogP contribution >= 0.6 is 23.2 Å². The number of amides is 1. The Morgan fingerprint density at radius 3 is 2.52 bits per heavy atom. The molecule has 0 aliphatic heterocycles. The average molecular weight is 481 g/mol. The monoisotopic (exact) mass is 480 g/mol. The maximum atomic E-state index is 12.3. The lowest BCUT2D eigenvalue weighted by atomic mass is 10.1. The highest BCUT2D eigenvalue weighted by Gasteiger charge is 2.15. The molecule has 0 aliphatic carbocycles. The summed E-state index contributed by atoms with van der Waals surface area (Å²) in [7, 11) is -3.72. The molecule has 0 bridgehead atoms. The maximum absolute atomic E-state index is 12.3. The summed E-state index contributed by atoms with van der Waals surface area (Å²) in [5.74, 6) is -0.153. The Bertz CT molecular complexity index is 1130. The van der Waals surface area contributed by atoms with Crippen molar-refractivity contribution in [2.24, 2.45) is 0 Å². The first-order valence-electron chi connectivity index (χ1n) is 9.58. The molecule has 0 fully saturated rings. The van der Waals surface area contributed by atoms with Gasteiger partial charge in [-0.3, -0.25) is 4.79 Å². The van der Waals surface area contributed by atoms with Gasteiger partial charge < -0.3 is 9.88 Å². The molecule has 0 spiro atoms. The Balaban J connectivity index is 1.45. The Morgan fingerprint density at radius 1 is 1.13 bits per heavy atom. The number of aromatic nitrogens is 2. The molecule has 2 N–H and O–H groups in total. The summed E-state index contributed by atoms with van der Waals surface area (Å²) in [6.45, 7) is 2.03. The molecule has 2 aromatic carbocycles. The van der Waals surface area contributed by atoms with Gasteiger partial charge in [0, 0.05) is 31.0 Å². The third-order valence-corrected chi connectivity index (χ3v) is 6.84. The SMILES string of the molecule is C[C@@H](NC(=O)CCCNS(=O)(=O)c1ccc(Cl)c(Cl)c1)c1ccc(-n2ccnc2)cc1. The largest absolute Gasteiger partial charge is 0.350 e. The van der Waals surface area contributed by atoms with E-state index in [2.05, 4.69) is 15.0 Å². The van der Waals surface area contributed by atoms with E-state index in [4.69, 9.17) is 23.2 Å². The lowest BCUT2D eigenvalue weighted by molar-refractivity contribution is -0.121. The van der Waals surface area contributed by atoms with Crippen LogP contribution in [0.5, 0.6) is 0 Å². The summed E-state index contributed by atoms with van der Waals surface area (Å²) in [4.78, 5) is 16.3. The molecule has 0 saturated carbocycles. The van der Waals surface area contributed by atoms with E-state index < -0.39 is 10.0 Å². The van der Waals surface area contributed by atoms with Crippen molar-refractivity contribution in [1.29, 1.82) is 0 Å². The van der Waals surface area contributed by atoms with Crippen LogP contribution in [0, 0.1) is 0 Å². The zero-order chi connectivity index (χ0) is 22.4. The van der Waals surface area contributed by atoms with E-state index in [1.807, 2.05) is 42.0 Å². The van der Waals surface area contributed by atoms with E-state index >= 15 is 0 Å². The van der Waals surface area contributed by atoms with Crippen molar-refractivity contribution in [3.8, 4) is 5.69 Å². The van der Waals surface area contributed by atoms with Crippen LogP contribution in [-0.4, -0.2) is 30.4 Å². The number of nitrogens with one attached hydrogen (secondary N) is 2. The van der Waals surface area contributed by atoms with Crippen molar-refractivity contribution in [3.05, 3.63) is 76.8 Å². The minimum atomic E-state index is -3.72. The number of halogens is 2. The topological polar surface area (TPSA) is 93.1 Å². The highest BCUT2D eigenvalue weighted by Crippen LogP contribution is 2.24. The lowest BCUT2D eigenvalue weighted by Gasteiger charge is -2.15. The summed E-state index contributed by atoms with van der Waals surface area (Å²) in [5.41, 5.74) is 1.95. The van der Waals surface area contributed by atoms with Crippen LogP contribution in [-0.2, 0) is 14.8 Å². The molecule has 3 rings (SSSR count). The van der Waals surface area contributed by atoms with Crippen molar-refractivity contribution in [3.63, 3.8) is 0 Å². The average Bonchev–Trinajstić information content (AvgIpc) is 3.28. The smallest absolute Gasteiger partial charge is 0.240 e. The molecular weight excluding hydrogens is 459 g/mol. The predicted octanol–water partition coefficient (Wildman–Crippen LogP) is 4.12. The van der Waals surface area contributed by atoms with Gasteiger partial charge in [0.1, 0.15) is 0 Å². The number of benzene rings is 2.